The van der Waals surface area contributed by atoms with Gasteiger partial charge >= 0.3 is 0 Å². The van der Waals surface area contributed by atoms with Gasteiger partial charge in [0.15, 0.2) is 5.16 Å². The molecule has 3 N–H and O–H groups in total. The fraction of sp³-hybridized carbons (Fsp3) is 0.440. The first-order valence-corrected chi connectivity index (χ1v) is 12.9. The molecule has 3 heterocycles. The molecule has 34 heavy (non-hydrogen) atoms. The number of nitrogens with one attached hydrogen (secondary N) is 3. The SMILES string of the molecule is O=C(Cc1ccc(Sc2nc(NCCN3CCCCC3)cc(Nc3ccn[nH]3)n2)cc1)C1CC1. The molecule has 0 amide bonds. The van der Waals surface area contributed by atoms with Crippen LogP contribution in [0.15, 0.2) is 52.6 Å². The lowest BCUT2D eigenvalue weighted by Gasteiger charge is -2.26. The van der Waals surface area contributed by atoms with E-state index >= 15 is 0 Å². The molecular weight excluding hydrogens is 446 g/mol. The fourth-order valence-corrected chi connectivity index (χ4v) is 4.92. The lowest BCUT2D eigenvalue weighted by atomic mass is 10.1. The lowest BCUT2D eigenvalue weighted by molar-refractivity contribution is -0.119. The Labute approximate surface area is 204 Å². The lowest BCUT2D eigenvalue weighted by Crippen LogP contribution is -2.33. The average molecular weight is 478 g/mol. The number of H-pyrrole nitrogens is 1. The largest absolute Gasteiger partial charge is 0.369 e. The number of carbonyl (C=O) groups excluding carboxylic acids is 1. The van der Waals surface area contributed by atoms with Gasteiger partial charge in [-0.2, -0.15) is 5.10 Å². The van der Waals surface area contributed by atoms with E-state index in [0.29, 0.717) is 29.1 Å². The number of hydrogen-bond acceptors (Lipinski definition) is 8. The van der Waals surface area contributed by atoms with E-state index < -0.39 is 0 Å². The van der Waals surface area contributed by atoms with Crippen LogP contribution in [0.2, 0.25) is 0 Å². The van der Waals surface area contributed by atoms with Gasteiger partial charge in [-0.15, -0.1) is 0 Å². The van der Waals surface area contributed by atoms with E-state index in [2.05, 4.69) is 25.7 Å². The van der Waals surface area contributed by atoms with Crippen molar-refractivity contribution in [2.45, 2.75) is 48.6 Å². The highest BCUT2D eigenvalue weighted by Gasteiger charge is 2.29. The zero-order valence-electron chi connectivity index (χ0n) is 19.3. The first kappa shape index (κ1) is 22.9. The van der Waals surface area contributed by atoms with E-state index in [1.54, 1.807) is 6.20 Å². The molecule has 0 atom stereocenters. The first-order chi connectivity index (χ1) is 16.7. The number of nitrogens with zero attached hydrogens (tertiary/aromatic N) is 4. The number of carbonyl (C=O) groups is 1. The van der Waals surface area contributed by atoms with Gasteiger partial charge < -0.3 is 15.5 Å². The van der Waals surface area contributed by atoms with Crippen molar-refractivity contribution in [3.8, 4) is 0 Å². The second-order valence-electron chi connectivity index (χ2n) is 9.01. The van der Waals surface area contributed by atoms with Crippen molar-refractivity contribution in [3.05, 3.63) is 48.2 Å². The number of anilines is 3. The number of hydrogen-bond donors (Lipinski definition) is 3. The third-order valence-corrected chi connectivity index (χ3v) is 7.07. The van der Waals surface area contributed by atoms with E-state index in [1.807, 2.05) is 36.4 Å². The van der Waals surface area contributed by atoms with Crippen molar-refractivity contribution in [2.75, 3.05) is 36.8 Å². The highest BCUT2D eigenvalue weighted by molar-refractivity contribution is 7.99. The molecule has 3 aromatic rings. The van der Waals surface area contributed by atoms with Gasteiger partial charge in [-0.25, -0.2) is 9.97 Å². The maximum Gasteiger partial charge on any atom is 0.196 e. The second kappa shape index (κ2) is 11.0. The van der Waals surface area contributed by atoms with Gasteiger partial charge in [-0.3, -0.25) is 9.89 Å². The zero-order chi connectivity index (χ0) is 23.2. The minimum atomic E-state index is 0.299. The smallest absolute Gasteiger partial charge is 0.196 e. The molecule has 0 spiro atoms. The molecule has 2 aliphatic rings. The standard InChI is InChI=1S/C25H31N7OS/c33-21(19-6-7-19)16-18-4-8-20(9-5-18)34-25-29-23(26-12-15-32-13-2-1-3-14-32)17-24(30-25)28-22-10-11-27-31-22/h4-5,8-11,17,19H,1-3,6-7,12-16H2,(H3,26,27,28,29,30,31). The highest BCUT2D eigenvalue weighted by atomic mass is 32.2. The van der Waals surface area contributed by atoms with Gasteiger partial charge in [0.05, 0.1) is 6.20 Å². The summed E-state index contributed by atoms with van der Waals surface area (Å²) in [6.45, 7) is 4.22. The average Bonchev–Trinajstić information content (AvgIpc) is 3.58. The van der Waals surface area contributed by atoms with Crippen LogP contribution in [0.25, 0.3) is 0 Å². The zero-order valence-corrected chi connectivity index (χ0v) is 20.1. The molecular formula is C25H31N7OS. The Hall–Kier alpha value is -2.91. The van der Waals surface area contributed by atoms with Gasteiger partial charge in [-0.1, -0.05) is 18.6 Å². The van der Waals surface area contributed by atoms with Crippen LogP contribution in [0.4, 0.5) is 17.5 Å². The number of ketones is 1. The number of piperidine rings is 1. The van der Waals surface area contributed by atoms with Crippen molar-refractivity contribution in [3.63, 3.8) is 0 Å². The number of rotatable bonds is 11. The Morgan fingerprint density at radius 2 is 1.85 bits per heavy atom. The first-order valence-electron chi connectivity index (χ1n) is 12.1. The Bertz CT molecular complexity index is 1080. The molecule has 2 fully saturated rings. The maximum absolute atomic E-state index is 12.1. The molecule has 0 radical (unpaired) electrons. The summed E-state index contributed by atoms with van der Waals surface area (Å²) in [6.07, 6.45) is 8.27. The van der Waals surface area contributed by atoms with Crippen LogP contribution in [-0.4, -0.2) is 57.0 Å². The van der Waals surface area contributed by atoms with Gasteiger partial charge in [0, 0.05) is 42.5 Å². The van der Waals surface area contributed by atoms with Crippen LogP contribution in [0, 0.1) is 5.92 Å². The number of aromatic amines is 1. The molecule has 2 aromatic heterocycles. The summed E-state index contributed by atoms with van der Waals surface area (Å²) in [5, 5.41) is 14.3. The minimum absolute atomic E-state index is 0.299. The third-order valence-electron chi connectivity index (χ3n) is 6.20. The third kappa shape index (κ3) is 6.57. The monoisotopic (exact) mass is 477 g/mol. The predicted molar refractivity (Wildman–Crippen MR) is 135 cm³/mol. The molecule has 1 aliphatic carbocycles. The molecule has 0 unspecified atom stereocenters. The van der Waals surface area contributed by atoms with Crippen LogP contribution in [-0.2, 0) is 11.2 Å². The molecule has 1 saturated carbocycles. The molecule has 0 bridgehead atoms. The summed E-state index contributed by atoms with van der Waals surface area (Å²) in [5.74, 6) is 2.94. The summed E-state index contributed by atoms with van der Waals surface area (Å²) in [5.41, 5.74) is 1.07. The van der Waals surface area contributed by atoms with Crippen molar-refractivity contribution in [1.29, 1.82) is 0 Å². The quantitative estimate of drug-likeness (QED) is 0.347. The maximum atomic E-state index is 12.1. The normalized spacial score (nSPS) is 16.4. The Balaban J connectivity index is 1.25. The minimum Gasteiger partial charge on any atom is -0.369 e. The molecule has 5 rings (SSSR count). The summed E-state index contributed by atoms with van der Waals surface area (Å²) >= 11 is 1.51. The summed E-state index contributed by atoms with van der Waals surface area (Å²) in [7, 11) is 0. The van der Waals surface area contributed by atoms with Gasteiger partial charge in [0.1, 0.15) is 23.2 Å². The highest BCUT2D eigenvalue weighted by Crippen LogP contribution is 2.32. The second-order valence-corrected chi connectivity index (χ2v) is 10.0. The molecule has 9 heteroatoms. The fourth-order valence-electron chi connectivity index (χ4n) is 4.15. The van der Waals surface area contributed by atoms with E-state index in [0.717, 1.165) is 48.0 Å². The van der Waals surface area contributed by atoms with Crippen LogP contribution in [0.1, 0.15) is 37.7 Å². The Morgan fingerprint density at radius 3 is 2.59 bits per heavy atom. The van der Waals surface area contributed by atoms with Gasteiger partial charge in [0.2, 0.25) is 0 Å². The number of likely N-dealkylation sites (tertiary alicyclic amines) is 1. The van der Waals surface area contributed by atoms with Gasteiger partial charge in [0.25, 0.3) is 0 Å². The molecule has 1 aliphatic heterocycles. The molecule has 178 valence electrons. The molecule has 1 aromatic carbocycles. The van der Waals surface area contributed by atoms with E-state index in [4.69, 9.17) is 9.97 Å². The topological polar surface area (TPSA) is 98.8 Å². The number of aromatic nitrogens is 4. The van der Waals surface area contributed by atoms with Crippen LogP contribution in [0.5, 0.6) is 0 Å². The molecule has 8 nitrogen and oxygen atoms in total. The van der Waals surface area contributed by atoms with Crippen LogP contribution >= 0.6 is 11.8 Å². The van der Waals surface area contributed by atoms with Crippen LogP contribution < -0.4 is 10.6 Å². The summed E-state index contributed by atoms with van der Waals surface area (Å²) < 4.78 is 0. The molecule has 1 saturated heterocycles. The van der Waals surface area contributed by atoms with E-state index in [1.165, 1.54) is 44.1 Å². The van der Waals surface area contributed by atoms with Crippen molar-refractivity contribution in [1.82, 2.24) is 25.1 Å². The van der Waals surface area contributed by atoms with E-state index in [9.17, 15) is 4.79 Å². The van der Waals surface area contributed by atoms with Crippen molar-refractivity contribution >= 4 is 35.0 Å². The Kier molecular flexibility index (Phi) is 7.40. The number of Topliss-reactive ketones (excluding diaryl/α,β-unsaturated/α-hetero) is 1. The Morgan fingerprint density at radius 1 is 1.06 bits per heavy atom. The summed E-state index contributed by atoms with van der Waals surface area (Å²) in [4.78, 5) is 25.1. The predicted octanol–water partition coefficient (Wildman–Crippen LogP) is 4.51. The van der Waals surface area contributed by atoms with Crippen molar-refractivity contribution < 1.29 is 4.79 Å². The van der Waals surface area contributed by atoms with Crippen LogP contribution in [0.3, 0.4) is 0 Å². The van der Waals surface area contributed by atoms with Crippen molar-refractivity contribution in [2.24, 2.45) is 5.92 Å². The number of benzene rings is 1. The van der Waals surface area contributed by atoms with Gasteiger partial charge in [-0.05, 0) is 68.2 Å². The van der Waals surface area contributed by atoms with E-state index in [-0.39, 0.29) is 0 Å². The summed E-state index contributed by atoms with van der Waals surface area (Å²) in [6, 6.07) is 11.9.